The predicted octanol–water partition coefficient (Wildman–Crippen LogP) is 1.79. The SMILES string of the molecule is CCC(C)C(O)CNS(=O)(=O)c1ccc(F)c(F)c1F. The molecule has 2 atom stereocenters. The molecular formula is C12H16F3NO3S. The Morgan fingerprint density at radius 1 is 1.25 bits per heavy atom. The molecule has 0 heterocycles. The molecule has 8 heteroatoms. The van der Waals surface area contributed by atoms with Crippen LogP contribution in [0.2, 0.25) is 0 Å². The first-order chi connectivity index (χ1) is 9.20. The van der Waals surface area contributed by atoms with Crippen molar-refractivity contribution in [1.29, 1.82) is 0 Å². The molecule has 2 N–H and O–H groups in total. The molecular weight excluding hydrogens is 295 g/mol. The Kier molecular flexibility index (Phi) is 5.55. The molecule has 0 bridgehead atoms. The number of aliphatic hydroxyl groups excluding tert-OH is 1. The first-order valence-corrected chi connectivity index (χ1v) is 7.50. The lowest BCUT2D eigenvalue weighted by Crippen LogP contribution is -2.35. The van der Waals surface area contributed by atoms with Crippen molar-refractivity contribution < 1.29 is 26.7 Å². The van der Waals surface area contributed by atoms with Crippen molar-refractivity contribution in [1.82, 2.24) is 4.72 Å². The summed E-state index contributed by atoms with van der Waals surface area (Å²) in [5.41, 5.74) is 0. The quantitative estimate of drug-likeness (QED) is 0.787. The van der Waals surface area contributed by atoms with Crippen LogP contribution in [0.3, 0.4) is 0 Å². The Hall–Kier alpha value is -1.12. The number of halogens is 3. The fourth-order valence-corrected chi connectivity index (χ4v) is 2.58. The van der Waals surface area contributed by atoms with Crippen LogP contribution in [0.1, 0.15) is 20.3 Å². The zero-order valence-electron chi connectivity index (χ0n) is 11.0. The Morgan fingerprint density at radius 3 is 2.40 bits per heavy atom. The monoisotopic (exact) mass is 311 g/mol. The maximum atomic E-state index is 13.4. The van der Waals surface area contributed by atoms with E-state index in [-0.39, 0.29) is 12.5 Å². The van der Waals surface area contributed by atoms with Crippen molar-refractivity contribution in [2.24, 2.45) is 5.92 Å². The van der Waals surface area contributed by atoms with E-state index < -0.39 is 38.5 Å². The van der Waals surface area contributed by atoms with Crippen molar-refractivity contribution in [3.63, 3.8) is 0 Å². The minimum Gasteiger partial charge on any atom is -0.391 e. The van der Waals surface area contributed by atoms with E-state index in [1.54, 1.807) is 6.92 Å². The maximum Gasteiger partial charge on any atom is 0.243 e. The normalized spacial score (nSPS) is 15.1. The molecule has 0 aliphatic heterocycles. The Labute approximate surface area is 115 Å². The highest BCUT2D eigenvalue weighted by molar-refractivity contribution is 7.89. The maximum absolute atomic E-state index is 13.4. The summed E-state index contributed by atoms with van der Waals surface area (Å²) in [6.45, 7) is 3.20. The lowest BCUT2D eigenvalue weighted by molar-refractivity contribution is 0.118. The highest BCUT2D eigenvalue weighted by Gasteiger charge is 2.25. The van der Waals surface area contributed by atoms with E-state index >= 15 is 0 Å². The average molecular weight is 311 g/mol. The average Bonchev–Trinajstić information content (AvgIpc) is 2.41. The molecule has 1 rings (SSSR count). The van der Waals surface area contributed by atoms with E-state index in [2.05, 4.69) is 0 Å². The summed E-state index contributed by atoms with van der Waals surface area (Å²) in [6.07, 6.45) is -0.328. The van der Waals surface area contributed by atoms with Crippen molar-refractivity contribution in [3.8, 4) is 0 Å². The van der Waals surface area contributed by atoms with Crippen LogP contribution >= 0.6 is 0 Å². The summed E-state index contributed by atoms with van der Waals surface area (Å²) in [5.74, 6) is -5.26. The molecule has 0 saturated heterocycles. The van der Waals surface area contributed by atoms with Crippen molar-refractivity contribution in [3.05, 3.63) is 29.6 Å². The molecule has 0 aliphatic rings. The molecule has 2 unspecified atom stereocenters. The van der Waals surface area contributed by atoms with Gasteiger partial charge in [0.05, 0.1) is 6.10 Å². The minimum atomic E-state index is -4.36. The van der Waals surface area contributed by atoms with E-state index in [9.17, 15) is 26.7 Å². The van der Waals surface area contributed by atoms with Gasteiger partial charge in [0.1, 0.15) is 4.90 Å². The Bertz CT molecular complexity index is 578. The molecule has 1 aromatic carbocycles. The van der Waals surface area contributed by atoms with E-state index in [4.69, 9.17) is 0 Å². The third-order valence-corrected chi connectivity index (χ3v) is 4.51. The summed E-state index contributed by atoms with van der Waals surface area (Å²) in [6, 6.07) is 1.16. The number of aliphatic hydroxyl groups is 1. The second kappa shape index (κ2) is 6.55. The van der Waals surface area contributed by atoms with E-state index in [1.165, 1.54) is 0 Å². The number of hydrogen-bond acceptors (Lipinski definition) is 3. The molecule has 0 aliphatic carbocycles. The Morgan fingerprint density at radius 2 is 1.85 bits per heavy atom. The molecule has 0 saturated carbocycles. The van der Waals surface area contributed by atoms with E-state index in [0.29, 0.717) is 18.6 Å². The fourth-order valence-electron chi connectivity index (χ4n) is 1.46. The van der Waals surface area contributed by atoms with Crippen molar-refractivity contribution in [2.75, 3.05) is 6.54 Å². The van der Waals surface area contributed by atoms with Gasteiger partial charge < -0.3 is 5.11 Å². The smallest absolute Gasteiger partial charge is 0.243 e. The molecule has 0 fully saturated rings. The first-order valence-electron chi connectivity index (χ1n) is 6.02. The second-order valence-electron chi connectivity index (χ2n) is 4.48. The van der Waals surface area contributed by atoms with Gasteiger partial charge in [0.25, 0.3) is 0 Å². The number of nitrogens with one attached hydrogen (secondary N) is 1. The van der Waals surface area contributed by atoms with Crippen molar-refractivity contribution in [2.45, 2.75) is 31.3 Å². The number of rotatable bonds is 6. The predicted molar refractivity (Wildman–Crippen MR) is 67.0 cm³/mol. The second-order valence-corrected chi connectivity index (χ2v) is 6.21. The van der Waals surface area contributed by atoms with Gasteiger partial charge in [0.15, 0.2) is 17.5 Å². The Balaban J connectivity index is 2.93. The van der Waals surface area contributed by atoms with Crippen LogP contribution in [0, 0.1) is 23.4 Å². The van der Waals surface area contributed by atoms with Crippen LogP contribution in [0.5, 0.6) is 0 Å². The van der Waals surface area contributed by atoms with Gasteiger partial charge in [-0.2, -0.15) is 0 Å². The summed E-state index contributed by atoms with van der Waals surface area (Å²) in [4.78, 5) is -0.993. The van der Waals surface area contributed by atoms with Gasteiger partial charge in [0, 0.05) is 6.54 Å². The van der Waals surface area contributed by atoms with Gasteiger partial charge in [-0.1, -0.05) is 20.3 Å². The van der Waals surface area contributed by atoms with Gasteiger partial charge in [-0.3, -0.25) is 0 Å². The topological polar surface area (TPSA) is 66.4 Å². The largest absolute Gasteiger partial charge is 0.391 e. The zero-order chi connectivity index (χ0) is 15.5. The summed E-state index contributed by atoms with van der Waals surface area (Å²) in [7, 11) is -4.36. The van der Waals surface area contributed by atoms with Crippen LogP contribution in [-0.2, 0) is 10.0 Å². The zero-order valence-corrected chi connectivity index (χ0v) is 11.8. The number of hydrogen-bond donors (Lipinski definition) is 2. The highest BCUT2D eigenvalue weighted by atomic mass is 32.2. The van der Waals surface area contributed by atoms with E-state index in [1.807, 2.05) is 11.6 Å². The minimum absolute atomic E-state index is 0.160. The van der Waals surface area contributed by atoms with Crippen LogP contribution in [0.15, 0.2) is 17.0 Å². The lowest BCUT2D eigenvalue weighted by atomic mass is 10.0. The third-order valence-electron chi connectivity index (χ3n) is 3.07. The van der Waals surface area contributed by atoms with Gasteiger partial charge in [-0.15, -0.1) is 0 Å². The van der Waals surface area contributed by atoms with Gasteiger partial charge in [-0.05, 0) is 18.1 Å². The molecule has 0 spiro atoms. The number of sulfonamides is 1. The fraction of sp³-hybridized carbons (Fsp3) is 0.500. The summed E-state index contributed by atoms with van der Waals surface area (Å²) < 4.78 is 64.7. The lowest BCUT2D eigenvalue weighted by Gasteiger charge is -2.17. The highest BCUT2D eigenvalue weighted by Crippen LogP contribution is 2.19. The molecule has 114 valence electrons. The van der Waals surface area contributed by atoms with Crippen LogP contribution in [0.4, 0.5) is 13.2 Å². The molecule has 1 aromatic rings. The molecule has 20 heavy (non-hydrogen) atoms. The van der Waals surface area contributed by atoms with Gasteiger partial charge in [0.2, 0.25) is 10.0 Å². The molecule has 4 nitrogen and oxygen atoms in total. The van der Waals surface area contributed by atoms with Crippen LogP contribution < -0.4 is 4.72 Å². The molecule has 0 aromatic heterocycles. The molecule has 0 amide bonds. The van der Waals surface area contributed by atoms with Crippen LogP contribution in [-0.4, -0.2) is 26.2 Å². The van der Waals surface area contributed by atoms with Crippen LogP contribution in [0.25, 0.3) is 0 Å². The van der Waals surface area contributed by atoms with Gasteiger partial charge >= 0.3 is 0 Å². The third kappa shape index (κ3) is 3.71. The van der Waals surface area contributed by atoms with Gasteiger partial charge in [-0.25, -0.2) is 26.3 Å². The summed E-state index contributed by atoms with van der Waals surface area (Å²) >= 11 is 0. The van der Waals surface area contributed by atoms with Crippen molar-refractivity contribution >= 4 is 10.0 Å². The number of benzene rings is 1. The van der Waals surface area contributed by atoms with E-state index in [0.717, 1.165) is 0 Å². The summed E-state index contributed by atoms with van der Waals surface area (Å²) in [5, 5.41) is 9.64. The first kappa shape index (κ1) is 16.9. The molecule has 0 radical (unpaired) electrons. The standard InChI is InChI=1S/C12H16F3NO3S/c1-3-7(2)9(17)6-16-20(18,19)10-5-4-8(13)11(14)12(10)15/h4-5,7,9,16-17H,3,6H2,1-2H3.